The first-order chi connectivity index (χ1) is 7.70. The van der Waals surface area contributed by atoms with Crippen molar-refractivity contribution >= 4 is 17.4 Å². The molecular weight excluding hydrogens is 224 g/mol. The van der Waals surface area contributed by atoms with Crippen LogP contribution in [-0.4, -0.2) is 9.55 Å². The molecule has 2 N–H and O–H groups in total. The summed E-state index contributed by atoms with van der Waals surface area (Å²) in [6.07, 6.45) is 1.56. The van der Waals surface area contributed by atoms with E-state index in [1.165, 1.54) is 0 Å². The van der Waals surface area contributed by atoms with Crippen LogP contribution in [-0.2, 0) is 6.54 Å². The van der Waals surface area contributed by atoms with Crippen LogP contribution < -0.4 is 5.73 Å². The Kier molecular flexibility index (Phi) is 2.80. The lowest BCUT2D eigenvalue weighted by molar-refractivity contribution is 0.808. The third-order valence-corrected chi connectivity index (χ3v) is 2.50. The molecule has 1 aromatic carbocycles. The molecule has 0 aliphatic carbocycles. The maximum absolute atomic E-state index is 8.71. The fourth-order valence-corrected chi connectivity index (χ4v) is 1.52. The van der Waals surface area contributed by atoms with E-state index in [9.17, 15) is 0 Å². The van der Waals surface area contributed by atoms with E-state index in [-0.39, 0.29) is 5.69 Å². The molecule has 0 atom stereocenters. The van der Waals surface area contributed by atoms with Gasteiger partial charge in [0, 0.05) is 5.02 Å². The highest BCUT2D eigenvalue weighted by molar-refractivity contribution is 6.30. The van der Waals surface area contributed by atoms with Gasteiger partial charge in [0.05, 0.1) is 12.9 Å². The standard InChI is InChI=1S/C11H9ClN4/c12-9-3-1-8(2-4-9)6-16-7-15-10(5-13)11(16)14/h1-4,7H,6,14H2. The molecule has 0 amide bonds. The van der Waals surface area contributed by atoms with E-state index in [1.807, 2.05) is 30.3 Å². The predicted octanol–water partition coefficient (Wildman–Crippen LogP) is 2.04. The smallest absolute Gasteiger partial charge is 0.182 e. The van der Waals surface area contributed by atoms with Crippen molar-refractivity contribution in [3.8, 4) is 6.07 Å². The quantitative estimate of drug-likeness (QED) is 0.862. The van der Waals surface area contributed by atoms with Crippen LogP contribution in [0, 0.1) is 11.3 Å². The lowest BCUT2D eigenvalue weighted by atomic mass is 10.2. The first-order valence-electron chi connectivity index (χ1n) is 4.66. The van der Waals surface area contributed by atoms with Gasteiger partial charge in [-0.3, -0.25) is 0 Å². The molecular formula is C11H9ClN4. The summed E-state index contributed by atoms with van der Waals surface area (Å²) in [4.78, 5) is 3.90. The molecule has 2 aromatic rings. The fourth-order valence-electron chi connectivity index (χ4n) is 1.39. The molecule has 0 unspecified atom stereocenters. The summed E-state index contributed by atoms with van der Waals surface area (Å²) in [5, 5.41) is 9.41. The Morgan fingerprint density at radius 1 is 1.38 bits per heavy atom. The minimum atomic E-state index is 0.258. The topological polar surface area (TPSA) is 67.6 Å². The van der Waals surface area contributed by atoms with Gasteiger partial charge in [0.1, 0.15) is 11.9 Å². The Bertz CT molecular complexity index is 536. The van der Waals surface area contributed by atoms with Gasteiger partial charge in [-0.25, -0.2) is 4.98 Å². The van der Waals surface area contributed by atoms with E-state index in [4.69, 9.17) is 22.6 Å². The van der Waals surface area contributed by atoms with E-state index in [0.29, 0.717) is 17.4 Å². The fraction of sp³-hybridized carbons (Fsp3) is 0.0909. The highest BCUT2D eigenvalue weighted by atomic mass is 35.5. The number of benzene rings is 1. The molecule has 0 spiro atoms. The third kappa shape index (κ3) is 2.00. The van der Waals surface area contributed by atoms with Crippen molar-refractivity contribution in [2.45, 2.75) is 6.54 Å². The van der Waals surface area contributed by atoms with Crippen LogP contribution in [0.1, 0.15) is 11.3 Å². The van der Waals surface area contributed by atoms with Gasteiger partial charge in [0.2, 0.25) is 0 Å². The van der Waals surface area contributed by atoms with Crippen molar-refractivity contribution in [3.05, 3.63) is 46.9 Å². The minimum Gasteiger partial charge on any atom is -0.383 e. The summed E-state index contributed by atoms with van der Waals surface area (Å²) in [5.74, 6) is 0.387. The third-order valence-electron chi connectivity index (χ3n) is 2.25. The number of anilines is 1. The van der Waals surface area contributed by atoms with Gasteiger partial charge < -0.3 is 10.3 Å². The van der Waals surface area contributed by atoms with E-state index < -0.39 is 0 Å². The van der Waals surface area contributed by atoms with Crippen LogP contribution in [0.4, 0.5) is 5.82 Å². The molecule has 0 saturated carbocycles. The van der Waals surface area contributed by atoms with E-state index >= 15 is 0 Å². The first-order valence-corrected chi connectivity index (χ1v) is 5.03. The molecule has 16 heavy (non-hydrogen) atoms. The average molecular weight is 233 g/mol. The maximum Gasteiger partial charge on any atom is 0.182 e. The second kappa shape index (κ2) is 4.25. The number of hydrogen-bond donors (Lipinski definition) is 1. The summed E-state index contributed by atoms with van der Waals surface area (Å²) in [6.45, 7) is 0.581. The normalized spacial score (nSPS) is 10.0. The van der Waals surface area contributed by atoms with Crippen molar-refractivity contribution < 1.29 is 0 Å². The zero-order valence-electron chi connectivity index (χ0n) is 8.39. The molecule has 1 aromatic heterocycles. The van der Waals surface area contributed by atoms with Gasteiger partial charge in [0.25, 0.3) is 0 Å². The monoisotopic (exact) mass is 232 g/mol. The zero-order chi connectivity index (χ0) is 11.5. The van der Waals surface area contributed by atoms with Crippen LogP contribution in [0.2, 0.25) is 5.02 Å². The van der Waals surface area contributed by atoms with Gasteiger partial charge in [0.15, 0.2) is 5.69 Å². The van der Waals surface area contributed by atoms with Crippen LogP contribution in [0.5, 0.6) is 0 Å². The second-order valence-corrected chi connectivity index (χ2v) is 3.78. The number of halogens is 1. The van der Waals surface area contributed by atoms with Gasteiger partial charge >= 0.3 is 0 Å². The molecule has 5 heteroatoms. The number of nitrogens with two attached hydrogens (primary N) is 1. The van der Waals surface area contributed by atoms with Crippen LogP contribution in [0.3, 0.4) is 0 Å². The van der Waals surface area contributed by atoms with Crippen LogP contribution >= 0.6 is 11.6 Å². The summed E-state index contributed by atoms with van der Waals surface area (Å²) in [6, 6.07) is 9.38. The minimum absolute atomic E-state index is 0.258. The largest absolute Gasteiger partial charge is 0.383 e. The molecule has 4 nitrogen and oxygen atoms in total. The Hall–Kier alpha value is -1.99. The Balaban J connectivity index is 2.24. The van der Waals surface area contributed by atoms with Crippen LogP contribution in [0.15, 0.2) is 30.6 Å². The average Bonchev–Trinajstić information content (AvgIpc) is 2.63. The Labute approximate surface area is 97.9 Å². The number of nitrogen functional groups attached to an aromatic ring is 1. The van der Waals surface area contributed by atoms with E-state index in [0.717, 1.165) is 5.56 Å². The number of nitriles is 1. The summed E-state index contributed by atoms with van der Waals surface area (Å²) < 4.78 is 1.72. The van der Waals surface area contributed by atoms with E-state index in [2.05, 4.69) is 4.98 Å². The van der Waals surface area contributed by atoms with Crippen molar-refractivity contribution in [1.29, 1.82) is 5.26 Å². The van der Waals surface area contributed by atoms with Gasteiger partial charge in [-0.05, 0) is 17.7 Å². The number of hydrogen-bond acceptors (Lipinski definition) is 3. The van der Waals surface area contributed by atoms with Crippen molar-refractivity contribution in [2.24, 2.45) is 0 Å². The predicted molar refractivity (Wildman–Crippen MR) is 61.9 cm³/mol. The van der Waals surface area contributed by atoms with Gasteiger partial charge in [-0.1, -0.05) is 23.7 Å². The molecule has 0 aliphatic rings. The molecule has 0 bridgehead atoms. The van der Waals surface area contributed by atoms with Gasteiger partial charge in [-0.15, -0.1) is 0 Å². The van der Waals surface area contributed by atoms with Gasteiger partial charge in [-0.2, -0.15) is 5.26 Å². The second-order valence-electron chi connectivity index (χ2n) is 3.34. The number of nitrogens with zero attached hydrogens (tertiary/aromatic N) is 3. The Morgan fingerprint density at radius 3 is 2.62 bits per heavy atom. The summed E-state index contributed by atoms with van der Waals surface area (Å²) >= 11 is 5.79. The number of rotatable bonds is 2. The lowest BCUT2D eigenvalue weighted by Gasteiger charge is -2.04. The molecule has 80 valence electrons. The van der Waals surface area contributed by atoms with Crippen molar-refractivity contribution in [1.82, 2.24) is 9.55 Å². The zero-order valence-corrected chi connectivity index (χ0v) is 9.15. The first kappa shape index (κ1) is 10.5. The summed E-state index contributed by atoms with van der Waals surface area (Å²) in [7, 11) is 0. The number of aromatic nitrogens is 2. The van der Waals surface area contributed by atoms with Crippen molar-refractivity contribution in [2.75, 3.05) is 5.73 Å². The van der Waals surface area contributed by atoms with Crippen molar-refractivity contribution in [3.63, 3.8) is 0 Å². The lowest BCUT2D eigenvalue weighted by Crippen LogP contribution is -2.03. The molecule has 0 fully saturated rings. The molecule has 0 aliphatic heterocycles. The van der Waals surface area contributed by atoms with E-state index in [1.54, 1.807) is 10.9 Å². The molecule has 2 rings (SSSR count). The molecule has 1 heterocycles. The number of imidazole rings is 1. The molecule has 0 radical (unpaired) electrons. The highest BCUT2D eigenvalue weighted by Crippen LogP contribution is 2.14. The summed E-state index contributed by atoms with van der Waals surface area (Å²) in [5.41, 5.74) is 7.06. The highest BCUT2D eigenvalue weighted by Gasteiger charge is 2.06. The maximum atomic E-state index is 8.71. The SMILES string of the molecule is N#Cc1ncn(Cc2ccc(Cl)cc2)c1N. The Morgan fingerprint density at radius 2 is 2.06 bits per heavy atom. The molecule has 0 saturated heterocycles. The van der Waals surface area contributed by atoms with Crippen LogP contribution in [0.25, 0.3) is 0 Å².